The summed E-state index contributed by atoms with van der Waals surface area (Å²) in [6.07, 6.45) is 10.6. The molecule has 0 rings (SSSR count). The highest BCUT2D eigenvalue weighted by molar-refractivity contribution is 7.46. The third kappa shape index (κ3) is 14.1. The van der Waals surface area contributed by atoms with E-state index in [-0.39, 0.29) is 6.61 Å². The molecule has 0 spiro atoms. The lowest BCUT2D eigenvalue weighted by Gasteiger charge is -2.04. The van der Waals surface area contributed by atoms with Crippen LogP contribution in [0.2, 0.25) is 0 Å². The third-order valence-corrected chi connectivity index (χ3v) is 3.03. The molecule has 98 valence electrons. The molecule has 0 aromatic carbocycles. The van der Waals surface area contributed by atoms with E-state index in [2.05, 4.69) is 11.4 Å². The molecule has 4 nitrogen and oxygen atoms in total. The maximum Gasteiger partial charge on any atom is 0.469 e. The number of phosphoric acid groups is 1. The second-order valence-electron chi connectivity index (χ2n) is 4.15. The molecule has 2 N–H and O–H groups in total. The number of rotatable bonds is 11. The molecule has 16 heavy (non-hydrogen) atoms. The van der Waals surface area contributed by atoms with Crippen LogP contribution in [0.25, 0.3) is 0 Å². The van der Waals surface area contributed by atoms with Crippen LogP contribution in [0.4, 0.5) is 0 Å². The average molecular weight is 252 g/mol. The summed E-state index contributed by atoms with van der Waals surface area (Å²) in [5, 5.41) is 0. The molecule has 0 aliphatic rings. The first kappa shape index (κ1) is 16.1. The molecule has 0 amide bonds. The van der Waals surface area contributed by atoms with Gasteiger partial charge in [0.1, 0.15) is 0 Å². The van der Waals surface area contributed by atoms with E-state index in [9.17, 15) is 4.57 Å². The van der Waals surface area contributed by atoms with Crippen molar-refractivity contribution in [2.24, 2.45) is 0 Å². The second kappa shape index (κ2) is 10.3. The fourth-order valence-electron chi connectivity index (χ4n) is 1.60. The van der Waals surface area contributed by atoms with Crippen LogP contribution in [0.15, 0.2) is 0 Å². The van der Waals surface area contributed by atoms with Gasteiger partial charge in [-0.1, -0.05) is 58.3 Å². The van der Waals surface area contributed by atoms with E-state index < -0.39 is 7.82 Å². The van der Waals surface area contributed by atoms with Crippen molar-refractivity contribution in [3.05, 3.63) is 0 Å². The van der Waals surface area contributed by atoms with Crippen LogP contribution in [0, 0.1) is 0 Å². The Balaban J connectivity index is 3.02. The Bertz CT molecular complexity index is 190. The number of phosphoric ester groups is 1. The number of unbranched alkanes of at least 4 members (excludes halogenated alkanes) is 8. The molecule has 0 aliphatic carbocycles. The van der Waals surface area contributed by atoms with Crippen molar-refractivity contribution >= 4 is 7.82 Å². The highest BCUT2D eigenvalue weighted by Crippen LogP contribution is 2.35. The van der Waals surface area contributed by atoms with E-state index in [4.69, 9.17) is 9.79 Å². The van der Waals surface area contributed by atoms with Crippen molar-refractivity contribution in [3.8, 4) is 0 Å². The highest BCUT2D eigenvalue weighted by atomic mass is 31.2. The van der Waals surface area contributed by atoms with Crippen LogP contribution < -0.4 is 0 Å². The summed E-state index contributed by atoms with van der Waals surface area (Å²) in [6, 6.07) is 0. The maximum atomic E-state index is 10.3. The van der Waals surface area contributed by atoms with Crippen molar-refractivity contribution in [2.75, 3.05) is 6.61 Å². The van der Waals surface area contributed by atoms with Crippen molar-refractivity contribution in [2.45, 2.75) is 64.7 Å². The quantitative estimate of drug-likeness (QED) is 0.435. The second-order valence-corrected chi connectivity index (χ2v) is 5.39. The van der Waals surface area contributed by atoms with E-state index >= 15 is 0 Å². The summed E-state index contributed by atoms with van der Waals surface area (Å²) >= 11 is 0. The Hall–Kier alpha value is 0.110. The molecule has 0 aromatic heterocycles. The van der Waals surface area contributed by atoms with Gasteiger partial charge in [0.25, 0.3) is 0 Å². The molecule has 5 heteroatoms. The molecule has 0 saturated carbocycles. The van der Waals surface area contributed by atoms with Gasteiger partial charge in [0.05, 0.1) is 6.61 Å². The standard InChI is InChI=1S/C11H25O4P/c1-2-3-4-5-6-7-8-9-10-11-15-16(12,13)14/h2-11H2,1H3,(H2,12,13,14). The topological polar surface area (TPSA) is 66.8 Å². The predicted molar refractivity (Wildman–Crippen MR) is 65.2 cm³/mol. The summed E-state index contributed by atoms with van der Waals surface area (Å²) in [6.45, 7) is 2.38. The van der Waals surface area contributed by atoms with Gasteiger partial charge in [-0.05, 0) is 6.42 Å². The smallest absolute Gasteiger partial charge is 0.303 e. The molecule has 0 aromatic rings. The fourth-order valence-corrected chi connectivity index (χ4v) is 1.96. The van der Waals surface area contributed by atoms with Gasteiger partial charge in [0, 0.05) is 0 Å². The van der Waals surface area contributed by atoms with Crippen molar-refractivity contribution < 1.29 is 18.9 Å². The van der Waals surface area contributed by atoms with Crippen LogP contribution in [-0.2, 0) is 9.09 Å². The summed E-state index contributed by atoms with van der Waals surface area (Å²) in [5.41, 5.74) is 0. The van der Waals surface area contributed by atoms with Crippen LogP contribution in [-0.4, -0.2) is 16.4 Å². The van der Waals surface area contributed by atoms with Gasteiger partial charge in [0.15, 0.2) is 0 Å². The Morgan fingerprint density at radius 3 is 1.75 bits per heavy atom. The first-order valence-corrected chi connectivity index (χ1v) is 7.79. The zero-order valence-electron chi connectivity index (χ0n) is 10.2. The molecule has 0 heterocycles. The molecule has 0 atom stereocenters. The van der Waals surface area contributed by atoms with Crippen LogP contribution in [0.3, 0.4) is 0 Å². The van der Waals surface area contributed by atoms with Gasteiger partial charge < -0.3 is 9.79 Å². The largest absolute Gasteiger partial charge is 0.469 e. The van der Waals surface area contributed by atoms with Crippen molar-refractivity contribution in [1.29, 1.82) is 0 Å². The molecular formula is C11H25O4P. The van der Waals surface area contributed by atoms with Gasteiger partial charge in [-0.3, -0.25) is 4.52 Å². The number of hydrogen-bond donors (Lipinski definition) is 2. The Kier molecular flexibility index (Phi) is 10.3. The van der Waals surface area contributed by atoms with Gasteiger partial charge in [-0.15, -0.1) is 0 Å². The van der Waals surface area contributed by atoms with Gasteiger partial charge in [-0.25, -0.2) is 4.57 Å². The molecule has 0 saturated heterocycles. The number of hydrogen-bond acceptors (Lipinski definition) is 2. The van der Waals surface area contributed by atoms with Crippen LogP contribution >= 0.6 is 7.82 Å². The van der Waals surface area contributed by atoms with E-state index in [1.807, 2.05) is 0 Å². The summed E-state index contributed by atoms with van der Waals surface area (Å²) in [4.78, 5) is 16.9. The lowest BCUT2D eigenvalue weighted by atomic mass is 10.1. The zero-order valence-corrected chi connectivity index (χ0v) is 11.1. The van der Waals surface area contributed by atoms with Gasteiger partial charge in [0.2, 0.25) is 0 Å². The van der Waals surface area contributed by atoms with Crippen molar-refractivity contribution in [1.82, 2.24) is 0 Å². The first-order valence-electron chi connectivity index (χ1n) is 6.26. The first-order chi connectivity index (χ1) is 7.56. The van der Waals surface area contributed by atoms with E-state index in [0.29, 0.717) is 0 Å². The average Bonchev–Trinajstić information content (AvgIpc) is 2.19. The van der Waals surface area contributed by atoms with Crippen LogP contribution in [0.1, 0.15) is 64.7 Å². The lowest BCUT2D eigenvalue weighted by molar-refractivity contribution is 0.193. The molecule has 0 bridgehead atoms. The molecule has 0 unspecified atom stereocenters. The molecule has 0 aliphatic heterocycles. The minimum atomic E-state index is -4.24. The lowest BCUT2D eigenvalue weighted by Crippen LogP contribution is -1.92. The Morgan fingerprint density at radius 2 is 1.31 bits per heavy atom. The summed E-state index contributed by atoms with van der Waals surface area (Å²) in [5.74, 6) is 0. The normalized spacial score (nSPS) is 11.9. The van der Waals surface area contributed by atoms with Gasteiger partial charge in [-0.2, -0.15) is 0 Å². The monoisotopic (exact) mass is 252 g/mol. The van der Waals surface area contributed by atoms with Crippen molar-refractivity contribution in [3.63, 3.8) is 0 Å². The fraction of sp³-hybridized carbons (Fsp3) is 1.00. The summed E-state index contributed by atoms with van der Waals surface area (Å²) < 4.78 is 14.7. The molecule has 0 fully saturated rings. The van der Waals surface area contributed by atoms with E-state index in [0.717, 1.165) is 19.3 Å². The Morgan fingerprint density at radius 1 is 0.875 bits per heavy atom. The van der Waals surface area contributed by atoms with E-state index in [1.54, 1.807) is 0 Å². The van der Waals surface area contributed by atoms with Gasteiger partial charge >= 0.3 is 7.82 Å². The maximum absolute atomic E-state index is 10.3. The highest BCUT2D eigenvalue weighted by Gasteiger charge is 2.12. The van der Waals surface area contributed by atoms with Crippen LogP contribution in [0.5, 0.6) is 0 Å². The minimum absolute atomic E-state index is 0.167. The predicted octanol–water partition coefficient (Wildman–Crippen LogP) is 3.63. The molecular weight excluding hydrogens is 227 g/mol. The van der Waals surface area contributed by atoms with E-state index in [1.165, 1.54) is 38.5 Å². The molecule has 0 radical (unpaired) electrons. The zero-order chi connectivity index (χ0) is 12.3. The SMILES string of the molecule is CCCCCCCCCCCOP(=O)(O)O. The summed E-state index contributed by atoms with van der Waals surface area (Å²) in [7, 11) is -4.24. The third-order valence-electron chi connectivity index (χ3n) is 2.51. The Labute approximate surface area is 98.6 Å². The minimum Gasteiger partial charge on any atom is -0.303 e.